The smallest absolute Gasteiger partial charge is 0.244 e. The summed E-state index contributed by atoms with van der Waals surface area (Å²) in [5.41, 5.74) is 0.399. The monoisotopic (exact) mass is 362 g/mol. The van der Waals surface area contributed by atoms with Gasteiger partial charge in [0.05, 0.1) is 16.7 Å². The number of nitrogens with one attached hydrogen (secondary N) is 1. The number of fused-ring (bicyclic) bond motifs is 1. The summed E-state index contributed by atoms with van der Waals surface area (Å²) in [6.45, 7) is -0.335. The quantitative estimate of drug-likeness (QED) is 0.636. The summed E-state index contributed by atoms with van der Waals surface area (Å²) < 4.78 is 22.8. The molecule has 3 amide bonds. The molecule has 2 unspecified atom stereocenters. The van der Waals surface area contributed by atoms with Gasteiger partial charge in [-0.2, -0.15) is 0 Å². The molecule has 1 aliphatic heterocycles. The van der Waals surface area contributed by atoms with Crippen molar-refractivity contribution in [3.63, 3.8) is 0 Å². The number of imide groups is 1. The molecule has 3 rings (SSSR count). The van der Waals surface area contributed by atoms with Gasteiger partial charge in [-0.1, -0.05) is 12.2 Å². The number of allylic oxidation sites excluding steroid dienone is 2. The van der Waals surface area contributed by atoms with Crippen LogP contribution in [0.3, 0.4) is 0 Å². The maximum Gasteiger partial charge on any atom is 0.244 e. The van der Waals surface area contributed by atoms with Gasteiger partial charge < -0.3 is 5.32 Å². The molecule has 0 saturated carbocycles. The fourth-order valence-electron chi connectivity index (χ4n) is 3.15. The molecular weight excluding hydrogens is 344 g/mol. The number of carbonyl (C=O) groups excluding carboxylic acids is 3. The minimum atomic E-state index is -3.31. The summed E-state index contributed by atoms with van der Waals surface area (Å²) in [4.78, 5) is 38.0. The number of nitrogens with zero attached hydrogens (tertiary/aromatic N) is 1. The highest BCUT2D eigenvalue weighted by Crippen LogP contribution is 2.34. The zero-order chi connectivity index (χ0) is 18.2. The van der Waals surface area contributed by atoms with Crippen LogP contribution in [0.25, 0.3) is 0 Å². The van der Waals surface area contributed by atoms with Crippen LogP contribution in [0, 0.1) is 11.8 Å². The van der Waals surface area contributed by atoms with Crippen LogP contribution in [0.5, 0.6) is 0 Å². The van der Waals surface area contributed by atoms with E-state index in [-0.39, 0.29) is 35.1 Å². The maximum absolute atomic E-state index is 12.3. The second kappa shape index (κ2) is 6.44. The van der Waals surface area contributed by atoms with E-state index in [4.69, 9.17) is 0 Å². The summed E-state index contributed by atoms with van der Waals surface area (Å²) in [7, 11) is -3.31. The number of likely N-dealkylation sites (tertiary alicyclic amines) is 1. The molecule has 1 N–H and O–H groups in total. The lowest BCUT2D eigenvalue weighted by Crippen LogP contribution is -2.38. The van der Waals surface area contributed by atoms with Crippen LogP contribution in [0.2, 0.25) is 0 Å². The Morgan fingerprint density at radius 3 is 2.08 bits per heavy atom. The van der Waals surface area contributed by atoms with E-state index in [2.05, 4.69) is 5.32 Å². The SMILES string of the molecule is CS(=O)(=O)c1ccc(NC(=O)CN2C(=O)C3CC=CCC3C2=O)cc1. The number of carbonyl (C=O) groups is 3. The van der Waals surface area contributed by atoms with E-state index in [0.717, 1.165) is 11.2 Å². The largest absolute Gasteiger partial charge is 0.325 e. The van der Waals surface area contributed by atoms with Crippen LogP contribution >= 0.6 is 0 Å². The van der Waals surface area contributed by atoms with Crippen LogP contribution < -0.4 is 5.32 Å². The zero-order valence-electron chi connectivity index (χ0n) is 13.6. The normalized spacial score (nSPS) is 22.8. The van der Waals surface area contributed by atoms with Crippen LogP contribution in [-0.2, 0) is 24.2 Å². The Bertz CT molecular complexity index is 832. The molecule has 132 valence electrons. The number of amides is 3. The lowest BCUT2D eigenvalue weighted by atomic mass is 9.85. The van der Waals surface area contributed by atoms with Crippen LogP contribution in [0.4, 0.5) is 5.69 Å². The molecule has 1 saturated heterocycles. The fraction of sp³-hybridized carbons (Fsp3) is 0.353. The highest BCUT2D eigenvalue weighted by Gasteiger charge is 2.47. The van der Waals surface area contributed by atoms with Gasteiger partial charge >= 0.3 is 0 Å². The highest BCUT2D eigenvalue weighted by molar-refractivity contribution is 7.90. The van der Waals surface area contributed by atoms with E-state index in [1.807, 2.05) is 12.2 Å². The molecule has 1 aromatic carbocycles. The topological polar surface area (TPSA) is 101 Å². The van der Waals surface area contributed by atoms with Crippen molar-refractivity contribution in [3.05, 3.63) is 36.4 Å². The van der Waals surface area contributed by atoms with Gasteiger partial charge in [0, 0.05) is 11.9 Å². The van der Waals surface area contributed by atoms with E-state index < -0.39 is 15.7 Å². The van der Waals surface area contributed by atoms with Crippen LogP contribution in [0.1, 0.15) is 12.8 Å². The van der Waals surface area contributed by atoms with Gasteiger partial charge in [0.2, 0.25) is 17.7 Å². The van der Waals surface area contributed by atoms with Gasteiger partial charge in [-0.3, -0.25) is 19.3 Å². The number of benzene rings is 1. The first-order valence-corrected chi connectivity index (χ1v) is 9.76. The van der Waals surface area contributed by atoms with Crippen molar-refractivity contribution >= 4 is 33.2 Å². The molecule has 0 spiro atoms. The van der Waals surface area contributed by atoms with E-state index in [0.29, 0.717) is 18.5 Å². The molecule has 0 radical (unpaired) electrons. The predicted octanol–water partition coefficient (Wildman–Crippen LogP) is 0.980. The number of anilines is 1. The second-order valence-corrected chi connectivity index (χ2v) is 8.28. The third-order valence-electron chi connectivity index (χ3n) is 4.47. The Balaban J connectivity index is 1.65. The average molecular weight is 362 g/mol. The third kappa shape index (κ3) is 3.48. The molecule has 25 heavy (non-hydrogen) atoms. The van der Waals surface area contributed by atoms with Crippen molar-refractivity contribution in [1.82, 2.24) is 4.90 Å². The molecule has 1 fully saturated rings. The molecular formula is C17H18N2O5S. The first-order chi connectivity index (χ1) is 11.8. The van der Waals surface area contributed by atoms with E-state index in [1.165, 1.54) is 24.3 Å². The lowest BCUT2D eigenvalue weighted by Gasteiger charge is -2.14. The summed E-state index contributed by atoms with van der Waals surface area (Å²) >= 11 is 0. The molecule has 7 nitrogen and oxygen atoms in total. The van der Waals surface area contributed by atoms with Crippen molar-refractivity contribution in [1.29, 1.82) is 0 Å². The number of sulfone groups is 1. The molecule has 0 bridgehead atoms. The summed E-state index contributed by atoms with van der Waals surface area (Å²) in [5.74, 6) is -1.83. The molecule has 0 aromatic heterocycles. The third-order valence-corrected chi connectivity index (χ3v) is 5.60. The Labute approximate surface area is 145 Å². The predicted molar refractivity (Wildman–Crippen MR) is 90.3 cm³/mol. The van der Waals surface area contributed by atoms with E-state index in [1.54, 1.807) is 0 Å². The van der Waals surface area contributed by atoms with Crippen molar-refractivity contribution in [2.24, 2.45) is 11.8 Å². The molecule has 1 aromatic rings. The molecule has 2 aliphatic rings. The zero-order valence-corrected chi connectivity index (χ0v) is 14.5. The van der Waals surface area contributed by atoms with Gasteiger partial charge in [-0.15, -0.1) is 0 Å². The van der Waals surface area contributed by atoms with Crippen molar-refractivity contribution < 1.29 is 22.8 Å². The van der Waals surface area contributed by atoms with Gasteiger partial charge in [-0.25, -0.2) is 8.42 Å². The van der Waals surface area contributed by atoms with E-state index in [9.17, 15) is 22.8 Å². The molecule has 2 atom stereocenters. The molecule has 1 aliphatic carbocycles. The first-order valence-electron chi connectivity index (χ1n) is 7.87. The van der Waals surface area contributed by atoms with Crippen LogP contribution in [0.15, 0.2) is 41.3 Å². The van der Waals surface area contributed by atoms with Gasteiger partial charge in [-0.05, 0) is 37.1 Å². The number of hydrogen-bond acceptors (Lipinski definition) is 5. The number of rotatable bonds is 4. The minimum Gasteiger partial charge on any atom is -0.325 e. The van der Waals surface area contributed by atoms with E-state index >= 15 is 0 Å². The lowest BCUT2D eigenvalue weighted by molar-refractivity contribution is -0.142. The summed E-state index contributed by atoms with van der Waals surface area (Å²) in [6, 6.07) is 5.70. The highest BCUT2D eigenvalue weighted by atomic mass is 32.2. The summed E-state index contributed by atoms with van der Waals surface area (Å²) in [5, 5.41) is 2.57. The van der Waals surface area contributed by atoms with Crippen molar-refractivity contribution in [2.45, 2.75) is 17.7 Å². The Kier molecular flexibility index (Phi) is 4.47. The fourth-order valence-corrected chi connectivity index (χ4v) is 3.78. The van der Waals surface area contributed by atoms with Gasteiger partial charge in [0.25, 0.3) is 0 Å². The molecule has 1 heterocycles. The first kappa shape index (κ1) is 17.3. The molecule has 8 heteroatoms. The van der Waals surface area contributed by atoms with Gasteiger partial charge in [0.15, 0.2) is 9.84 Å². The van der Waals surface area contributed by atoms with Crippen molar-refractivity contribution in [3.8, 4) is 0 Å². The second-order valence-electron chi connectivity index (χ2n) is 6.26. The Morgan fingerprint density at radius 2 is 1.60 bits per heavy atom. The van der Waals surface area contributed by atoms with Crippen molar-refractivity contribution in [2.75, 3.05) is 18.1 Å². The average Bonchev–Trinajstić information content (AvgIpc) is 2.80. The summed E-state index contributed by atoms with van der Waals surface area (Å²) in [6.07, 6.45) is 5.93. The Morgan fingerprint density at radius 1 is 1.08 bits per heavy atom. The maximum atomic E-state index is 12.3. The van der Waals surface area contributed by atoms with Gasteiger partial charge in [0.1, 0.15) is 6.54 Å². The van der Waals surface area contributed by atoms with Crippen LogP contribution in [-0.4, -0.2) is 43.8 Å². The number of hydrogen-bond donors (Lipinski definition) is 1. The standard InChI is InChI=1S/C17H18N2O5S/c1-25(23,24)12-8-6-11(7-9-12)18-15(20)10-19-16(21)13-4-2-3-5-14(13)17(19)22/h2-3,6-9,13-14H,4-5,10H2,1H3,(H,18,20). The minimum absolute atomic E-state index is 0.145. The Hall–Kier alpha value is -2.48.